The first-order valence-electron chi connectivity index (χ1n) is 8.94. The first-order chi connectivity index (χ1) is 9.84. The van der Waals surface area contributed by atoms with E-state index in [-0.39, 0.29) is 5.95 Å². The molecule has 0 fully saturated rings. The van der Waals surface area contributed by atoms with Crippen LogP contribution in [0, 0.1) is 0 Å². The third kappa shape index (κ3) is 10.2. The standard InChI is InChI=1S/C18H34O2/c1-2-3-4-5-6-7-8-9-10-11-12-13-14-15-16-17-18(19)20-17/h19H,2-16H2,1H3. The average molecular weight is 282 g/mol. The maximum absolute atomic E-state index is 8.89. The van der Waals surface area contributed by atoms with E-state index in [0.29, 0.717) is 0 Å². The van der Waals surface area contributed by atoms with Gasteiger partial charge in [-0.05, 0) is 6.42 Å². The molecule has 0 amide bonds. The molecule has 20 heavy (non-hydrogen) atoms. The predicted molar refractivity (Wildman–Crippen MR) is 85.7 cm³/mol. The highest BCUT2D eigenvalue weighted by atomic mass is 16.7. The number of aliphatic hydroxyl groups excluding tert-OH is 1. The molecule has 0 unspecified atom stereocenters. The zero-order valence-corrected chi connectivity index (χ0v) is 13.5. The highest BCUT2D eigenvalue weighted by Gasteiger charge is 2.22. The Kier molecular flexibility index (Phi) is 10.5. The summed E-state index contributed by atoms with van der Waals surface area (Å²) in [6.07, 6.45) is 20.3. The maximum atomic E-state index is 8.89. The summed E-state index contributed by atoms with van der Waals surface area (Å²) in [5, 5.41) is 8.89. The van der Waals surface area contributed by atoms with E-state index in [1.54, 1.807) is 0 Å². The fraction of sp³-hybridized carbons (Fsp3) is 0.889. The third-order valence-electron chi connectivity index (χ3n) is 4.17. The number of rotatable bonds is 15. The lowest BCUT2D eigenvalue weighted by atomic mass is 10.0. The van der Waals surface area contributed by atoms with Crippen LogP contribution in [0.15, 0.2) is 11.7 Å². The molecule has 0 aromatic heterocycles. The number of allylic oxidation sites excluding steroid dienone is 1. The van der Waals surface area contributed by atoms with Crippen molar-refractivity contribution in [1.29, 1.82) is 0 Å². The molecule has 0 saturated heterocycles. The Morgan fingerprint density at radius 3 is 1.35 bits per heavy atom. The minimum Gasteiger partial charge on any atom is -0.478 e. The molecule has 0 saturated carbocycles. The van der Waals surface area contributed by atoms with Crippen LogP contribution in [0.5, 0.6) is 0 Å². The summed E-state index contributed by atoms with van der Waals surface area (Å²) in [5.74, 6) is 1.00. The minimum atomic E-state index is 0.180. The summed E-state index contributed by atoms with van der Waals surface area (Å²) in [4.78, 5) is 0. The summed E-state index contributed by atoms with van der Waals surface area (Å²) in [5.41, 5.74) is 0. The molecule has 0 aliphatic carbocycles. The van der Waals surface area contributed by atoms with E-state index in [1.165, 1.54) is 83.5 Å². The lowest BCUT2D eigenvalue weighted by molar-refractivity contribution is 0.273. The normalized spacial score (nSPS) is 13.7. The Labute approximate surface area is 125 Å². The highest BCUT2D eigenvalue weighted by Crippen LogP contribution is 2.28. The number of unbranched alkanes of at least 4 members (excludes halogenated alkanes) is 13. The fourth-order valence-corrected chi connectivity index (χ4v) is 2.73. The predicted octanol–water partition coefficient (Wildman–Crippen LogP) is 6.62. The van der Waals surface area contributed by atoms with Crippen LogP contribution in [0.3, 0.4) is 0 Å². The van der Waals surface area contributed by atoms with E-state index in [2.05, 4.69) is 6.92 Å². The van der Waals surface area contributed by atoms with Crippen LogP contribution in [0.25, 0.3) is 0 Å². The van der Waals surface area contributed by atoms with Crippen molar-refractivity contribution in [2.75, 3.05) is 0 Å². The molecule has 0 radical (unpaired) electrons. The van der Waals surface area contributed by atoms with Gasteiger partial charge in [-0.1, -0.05) is 90.4 Å². The summed E-state index contributed by atoms with van der Waals surface area (Å²) in [7, 11) is 0. The van der Waals surface area contributed by atoms with E-state index < -0.39 is 0 Å². The second-order valence-corrected chi connectivity index (χ2v) is 6.18. The molecule has 0 atom stereocenters. The van der Waals surface area contributed by atoms with Crippen molar-refractivity contribution in [3.63, 3.8) is 0 Å². The van der Waals surface area contributed by atoms with Gasteiger partial charge in [0.15, 0.2) is 5.76 Å². The van der Waals surface area contributed by atoms with E-state index >= 15 is 0 Å². The van der Waals surface area contributed by atoms with E-state index in [1.807, 2.05) is 0 Å². The van der Waals surface area contributed by atoms with Gasteiger partial charge in [-0.25, -0.2) is 0 Å². The van der Waals surface area contributed by atoms with Crippen LogP contribution < -0.4 is 0 Å². The van der Waals surface area contributed by atoms with Crippen LogP contribution >= 0.6 is 0 Å². The SMILES string of the molecule is CCCCCCCCCCCCCCCCC1=C(O)O1. The lowest BCUT2D eigenvalue weighted by Crippen LogP contribution is -1.83. The highest BCUT2D eigenvalue weighted by molar-refractivity contribution is 5.08. The zero-order chi connectivity index (χ0) is 14.5. The van der Waals surface area contributed by atoms with Crippen LogP contribution in [0.4, 0.5) is 0 Å². The zero-order valence-electron chi connectivity index (χ0n) is 13.5. The van der Waals surface area contributed by atoms with Crippen LogP contribution in [-0.4, -0.2) is 5.11 Å². The van der Waals surface area contributed by atoms with Crippen LogP contribution in [0.1, 0.15) is 103 Å². The average Bonchev–Trinajstić information content (AvgIpc) is 3.15. The Morgan fingerprint density at radius 2 is 1.00 bits per heavy atom. The van der Waals surface area contributed by atoms with Gasteiger partial charge in [0.2, 0.25) is 0 Å². The van der Waals surface area contributed by atoms with Gasteiger partial charge in [0.25, 0.3) is 0 Å². The van der Waals surface area contributed by atoms with E-state index in [4.69, 9.17) is 9.84 Å². The molecular formula is C18H34O2. The van der Waals surface area contributed by atoms with Crippen LogP contribution in [-0.2, 0) is 4.74 Å². The maximum Gasteiger partial charge on any atom is 0.322 e. The van der Waals surface area contributed by atoms with Crippen molar-refractivity contribution in [3.8, 4) is 0 Å². The Morgan fingerprint density at radius 1 is 0.650 bits per heavy atom. The van der Waals surface area contributed by atoms with Gasteiger partial charge in [-0.2, -0.15) is 0 Å². The second kappa shape index (κ2) is 12.1. The molecule has 1 heterocycles. The molecule has 2 nitrogen and oxygen atoms in total. The largest absolute Gasteiger partial charge is 0.478 e. The van der Waals surface area contributed by atoms with Crippen molar-refractivity contribution in [2.45, 2.75) is 103 Å². The summed E-state index contributed by atoms with van der Waals surface area (Å²) >= 11 is 0. The van der Waals surface area contributed by atoms with Crippen molar-refractivity contribution >= 4 is 0 Å². The topological polar surface area (TPSA) is 32.8 Å². The lowest BCUT2D eigenvalue weighted by Gasteiger charge is -2.02. The number of aliphatic hydroxyl groups is 1. The van der Waals surface area contributed by atoms with Crippen molar-refractivity contribution in [2.24, 2.45) is 0 Å². The number of hydrogen-bond acceptors (Lipinski definition) is 2. The van der Waals surface area contributed by atoms with Crippen molar-refractivity contribution < 1.29 is 9.84 Å². The van der Waals surface area contributed by atoms with E-state index in [9.17, 15) is 0 Å². The molecular weight excluding hydrogens is 248 g/mol. The quantitative estimate of drug-likeness (QED) is 0.342. The van der Waals surface area contributed by atoms with Gasteiger partial charge in [0.1, 0.15) is 0 Å². The molecule has 1 N–H and O–H groups in total. The third-order valence-corrected chi connectivity index (χ3v) is 4.17. The van der Waals surface area contributed by atoms with Crippen LogP contribution in [0.2, 0.25) is 0 Å². The molecule has 0 aromatic carbocycles. The summed E-state index contributed by atoms with van der Waals surface area (Å²) < 4.78 is 4.82. The van der Waals surface area contributed by atoms with Gasteiger partial charge in [0, 0.05) is 6.42 Å². The van der Waals surface area contributed by atoms with Gasteiger partial charge in [-0.3, -0.25) is 0 Å². The Bertz CT molecular complexity index is 258. The molecule has 0 aromatic rings. The first-order valence-corrected chi connectivity index (χ1v) is 8.94. The Hall–Kier alpha value is -0.660. The molecule has 1 rings (SSSR count). The van der Waals surface area contributed by atoms with Gasteiger partial charge in [-0.15, -0.1) is 0 Å². The first kappa shape index (κ1) is 17.4. The minimum absolute atomic E-state index is 0.180. The molecule has 1 aliphatic rings. The van der Waals surface area contributed by atoms with Crippen molar-refractivity contribution in [3.05, 3.63) is 11.7 Å². The monoisotopic (exact) mass is 282 g/mol. The Balaban J connectivity index is 1.64. The van der Waals surface area contributed by atoms with Gasteiger partial charge < -0.3 is 9.84 Å². The van der Waals surface area contributed by atoms with Crippen molar-refractivity contribution in [1.82, 2.24) is 0 Å². The molecule has 0 spiro atoms. The molecule has 118 valence electrons. The number of hydrogen-bond donors (Lipinski definition) is 1. The molecule has 1 aliphatic heterocycles. The molecule has 2 heteroatoms. The van der Waals surface area contributed by atoms with Gasteiger partial charge in [0.05, 0.1) is 0 Å². The fourth-order valence-electron chi connectivity index (χ4n) is 2.73. The van der Waals surface area contributed by atoms with Gasteiger partial charge >= 0.3 is 5.95 Å². The van der Waals surface area contributed by atoms with E-state index in [0.717, 1.165) is 18.6 Å². The second-order valence-electron chi connectivity index (χ2n) is 6.18. The summed E-state index contributed by atoms with van der Waals surface area (Å²) in [6.45, 7) is 2.28. The number of ether oxygens (including phenoxy) is 1. The molecule has 0 bridgehead atoms. The smallest absolute Gasteiger partial charge is 0.322 e. The summed E-state index contributed by atoms with van der Waals surface area (Å²) in [6, 6.07) is 0.